The van der Waals surface area contributed by atoms with Gasteiger partial charge in [0.05, 0.1) is 5.60 Å². The molecule has 0 radical (unpaired) electrons. The van der Waals surface area contributed by atoms with Crippen molar-refractivity contribution >= 4 is 11.7 Å². The summed E-state index contributed by atoms with van der Waals surface area (Å²) in [5, 5.41) is 9.98. The highest BCUT2D eigenvalue weighted by atomic mass is 16.3. The summed E-state index contributed by atoms with van der Waals surface area (Å²) in [6, 6.07) is 3.61. The normalized spacial score (nSPS) is 16.5. The Bertz CT molecular complexity index is 534. The smallest absolute Gasteiger partial charge is 0.254 e. The van der Waals surface area contributed by atoms with Gasteiger partial charge in [-0.1, -0.05) is 0 Å². The van der Waals surface area contributed by atoms with Crippen LogP contribution < -0.4 is 4.90 Å². The van der Waals surface area contributed by atoms with Gasteiger partial charge in [-0.25, -0.2) is 4.98 Å². The maximum absolute atomic E-state index is 12.7. The largest absolute Gasteiger partial charge is 0.389 e. The molecule has 0 bridgehead atoms. The summed E-state index contributed by atoms with van der Waals surface area (Å²) in [6.45, 7) is 10.1. The summed E-state index contributed by atoms with van der Waals surface area (Å²) in [4.78, 5) is 23.3. The lowest BCUT2D eigenvalue weighted by Gasteiger charge is -2.33. The molecule has 6 heteroatoms. The van der Waals surface area contributed by atoms with Crippen LogP contribution >= 0.6 is 0 Å². The minimum absolute atomic E-state index is 0.0626. The number of amides is 1. The van der Waals surface area contributed by atoms with Crippen molar-refractivity contribution in [1.82, 2.24) is 14.8 Å². The lowest BCUT2D eigenvalue weighted by Crippen LogP contribution is -2.45. The first kappa shape index (κ1) is 17.7. The van der Waals surface area contributed by atoms with Crippen molar-refractivity contribution in [3.8, 4) is 0 Å². The summed E-state index contributed by atoms with van der Waals surface area (Å²) < 4.78 is 0. The summed E-state index contributed by atoms with van der Waals surface area (Å²) in [6.07, 6.45) is 1.69. The van der Waals surface area contributed by atoms with E-state index in [4.69, 9.17) is 0 Å². The standard InChI is InChI=1S/C17H28N4O2/c1-5-20(13-17(2,3)23)16(22)14-6-7-18-15(12-14)21-10-8-19(4)9-11-21/h6-7,12,23H,5,8-11,13H2,1-4H3. The van der Waals surface area contributed by atoms with Crippen molar-refractivity contribution in [2.75, 3.05) is 51.2 Å². The van der Waals surface area contributed by atoms with Crippen LogP contribution in [0.1, 0.15) is 31.1 Å². The molecule has 23 heavy (non-hydrogen) atoms. The fraction of sp³-hybridized carbons (Fsp3) is 0.647. The average Bonchev–Trinajstić information content (AvgIpc) is 2.52. The van der Waals surface area contributed by atoms with Crippen LogP contribution in [0.4, 0.5) is 5.82 Å². The first-order chi connectivity index (χ1) is 10.8. The predicted octanol–water partition coefficient (Wildman–Crippen LogP) is 1.07. The minimum Gasteiger partial charge on any atom is -0.389 e. The molecule has 1 aliphatic heterocycles. The number of nitrogens with zero attached hydrogens (tertiary/aromatic N) is 4. The summed E-state index contributed by atoms with van der Waals surface area (Å²) in [5.41, 5.74) is -0.279. The van der Waals surface area contributed by atoms with Crippen molar-refractivity contribution in [1.29, 1.82) is 0 Å². The van der Waals surface area contributed by atoms with E-state index in [1.807, 2.05) is 13.0 Å². The second-order valence-electron chi connectivity index (χ2n) is 6.82. The molecule has 1 aromatic rings. The summed E-state index contributed by atoms with van der Waals surface area (Å²) >= 11 is 0. The van der Waals surface area contributed by atoms with Gasteiger partial charge in [0, 0.05) is 51.0 Å². The number of anilines is 1. The SMILES string of the molecule is CCN(CC(C)(C)O)C(=O)c1ccnc(N2CCN(C)CC2)c1. The summed E-state index contributed by atoms with van der Waals surface area (Å²) in [5.74, 6) is 0.788. The zero-order valence-electron chi connectivity index (χ0n) is 14.6. The molecular formula is C17H28N4O2. The second-order valence-corrected chi connectivity index (χ2v) is 6.82. The molecule has 2 heterocycles. The second kappa shape index (κ2) is 7.27. The number of pyridine rings is 1. The van der Waals surface area contributed by atoms with Crippen LogP contribution in [-0.2, 0) is 0 Å². The van der Waals surface area contributed by atoms with E-state index < -0.39 is 5.60 Å². The van der Waals surface area contributed by atoms with E-state index in [9.17, 15) is 9.90 Å². The number of hydrogen-bond donors (Lipinski definition) is 1. The molecule has 128 valence electrons. The van der Waals surface area contributed by atoms with Crippen LogP contribution in [-0.4, -0.2) is 77.7 Å². The van der Waals surface area contributed by atoms with Gasteiger partial charge in [-0.3, -0.25) is 4.79 Å². The maximum atomic E-state index is 12.7. The third-order valence-electron chi connectivity index (χ3n) is 4.07. The van der Waals surface area contributed by atoms with Gasteiger partial charge < -0.3 is 19.8 Å². The van der Waals surface area contributed by atoms with Gasteiger partial charge in [0.2, 0.25) is 0 Å². The Balaban J connectivity index is 2.13. The highest BCUT2D eigenvalue weighted by Crippen LogP contribution is 2.17. The third-order valence-corrected chi connectivity index (χ3v) is 4.07. The Kier molecular flexibility index (Phi) is 5.59. The Morgan fingerprint density at radius 3 is 2.57 bits per heavy atom. The number of aliphatic hydroxyl groups is 1. The van der Waals surface area contributed by atoms with E-state index in [1.54, 1.807) is 31.0 Å². The van der Waals surface area contributed by atoms with Crippen LogP contribution in [0.15, 0.2) is 18.3 Å². The lowest BCUT2D eigenvalue weighted by molar-refractivity contribution is 0.0314. The number of carbonyl (C=O) groups excluding carboxylic acids is 1. The van der Waals surface area contributed by atoms with E-state index in [2.05, 4.69) is 21.8 Å². The van der Waals surface area contributed by atoms with Crippen molar-refractivity contribution in [2.45, 2.75) is 26.4 Å². The molecule has 1 amide bonds. The Labute approximate surface area is 138 Å². The number of piperazine rings is 1. The maximum Gasteiger partial charge on any atom is 0.254 e. The number of carbonyl (C=O) groups is 1. The molecule has 1 saturated heterocycles. The van der Waals surface area contributed by atoms with Gasteiger partial charge >= 0.3 is 0 Å². The van der Waals surface area contributed by atoms with E-state index in [0.29, 0.717) is 18.7 Å². The number of rotatable bonds is 5. The molecule has 1 aliphatic rings. The molecule has 0 saturated carbocycles. The Morgan fingerprint density at radius 2 is 2.00 bits per heavy atom. The average molecular weight is 320 g/mol. The molecule has 0 aromatic carbocycles. The topological polar surface area (TPSA) is 59.9 Å². The van der Waals surface area contributed by atoms with Crippen molar-refractivity contribution in [3.63, 3.8) is 0 Å². The highest BCUT2D eigenvalue weighted by Gasteiger charge is 2.23. The zero-order valence-corrected chi connectivity index (χ0v) is 14.6. The Morgan fingerprint density at radius 1 is 1.35 bits per heavy atom. The van der Waals surface area contributed by atoms with Gasteiger partial charge in [-0.05, 0) is 40.0 Å². The predicted molar refractivity (Wildman–Crippen MR) is 91.8 cm³/mol. The van der Waals surface area contributed by atoms with E-state index in [1.165, 1.54) is 0 Å². The van der Waals surface area contributed by atoms with E-state index >= 15 is 0 Å². The van der Waals surface area contributed by atoms with Gasteiger partial charge in [0.1, 0.15) is 5.82 Å². The zero-order chi connectivity index (χ0) is 17.0. The van der Waals surface area contributed by atoms with E-state index in [-0.39, 0.29) is 5.91 Å². The lowest BCUT2D eigenvalue weighted by atomic mass is 10.1. The molecule has 1 aromatic heterocycles. The van der Waals surface area contributed by atoms with Gasteiger partial charge in [-0.15, -0.1) is 0 Å². The van der Waals surface area contributed by atoms with Crippen molar-refractivity contribution < 1.29 is 9.90 Å². The molecular weight excluding hydrogens is 292 g/mol. The molecule has 0 aliphatic carbocycles. The molecule has 1 fully saturated rings. The summed E-state index contributed by atoms with van der Waals surface area (Å²) in [7, 11) is 2.11. The van der Waals surface area contributed by atoms with Crippen LogP contribution in [0.2, 0.25) is 0 Å². The number of likely N-dealkylation sites (N-methyl/N-ethyl adjacent to an activating group) is 2. The van der Waals surface area contributed by atoms with Crippen LogP contribution in [0.5, 0.6) is 0 Å². The first-order valence-electron chi connectivity index (χ1n) is 8.21. The fourth-order valence-electron chi connectivity index (χ4n) is 2.74. The molecule has 2 rings (SSSR count). The first-order valence-corrected chi connectivity index (χ1v) is 8.21. The minimum atomic E-state index is -0.904. The molecule has 6 nitrogen and oxygen atoms in total. The van der Waals surface area contributed by atoms with E-state index in [0.717, 1.165) is 32.0 Å². The molecule has 0 spiro atoms. The van der Waals surface area contributed by atoms with Gasteiger partial charge in [0.25, 0.3) is 5.91 Å². The fourth-order valence-corrected chi connectivity index (χ4v) is 2.74. The van der Waals surface area contributed by atoms with Gasteiger partial charge in [0.15, 0.2) is 0 Å². The molecule has 0 unspecified atom stereocenters. The van der Waals surface area contributed by atoms with Crippen LogP contribution in [0.3, 0.4) is 0 Å². The van der Waals surface area contributed by atoms with Crippen molar-refractivity contribution in [3.05, 3.63) is 23.9 Å². The third kappa shape index (κ3) is 4.91. The Hall–Kier alpha value is -1.66. The molecule has 0 atom stereocenters. The van der Waals surface area contributed by atoms with Gasteiger partial charge in [-0.2, -0.15) is 0 Å². The highest BCUT2D eigenvalue weighted by molar-refractivity contribution is 5.94. The van der Waals surface area contributed by atoms with Crippen LogP contribution in [0.25, 0.3) is 0 Å². The van der Waals surface area contributed by atoms with Crippen LogP contribution in [0, 0.1) is 0 Å². The van der Waals surface area contributed by atoms with Crippen molar-refractivity contribution in [2.24, 2.45) is 0 Å². The number of aromatic nitrogens is 1. The quantitative estimate of drug-likeness (QED) is 0.879. The number of hydrogen-bond acceptors (Lipinski definition) is 5. The molecule has 1 N–H and O–H groups in total. The monoisotopic (exact) mass is 320 g/mol.